The van der Waals surface area contributed by atoms with Crippen LogP contribution in [0.5, 0.6) is 0 Å². The van der Waals surface area contributed by atoms with E-state index in [0.717, 1.165) is 24.3 Å². The van der Waals surface area contributed by atoms with E-state index in [1.54, 1.807) is 13.8 Å². The van der Waals surface area contributed by atoms with Gasteiger partial charge in [0.2, 0.25) is 15.9 Å². The fraction of sp³-hybridized carbons (Fsp3) is 0.286. The van der Waals surface area contributed by atoms with E-state index in [9.17, 15) is 39.2 Å². The van der Waals surface area contributed by atoms with Crippen molar-refractivity contribution in [1.29, 1.82) is 0 Å². The molecule has 1 aliphatic rings. The number of anilines is 2. The molecule has 2 aromatic rings. The molecular weight excluding hydrogens is 566 g/mol. The maximum Gasteiger partial charge on any atom is 1.00 e. The van der Waals surface area contributed by atoms with Crippen LogP contribution in [0, 0.1) is 5.92 Å². The molecule has 2 N–H and O–H groups in total. The minimum atomic E-state index is -5.05. The first-order valence-electron chi connectivity index (χ1n) is 10.3. The van der Waals surface area contributed by atoms with Crippen molar-refractivity contribution in [2.75, 3.05) is 10.0 Å². The van der Waals surface area contributed by atoms with E-state index in [2.05, 4.69) is 10.0 Å². The fourth-order valence-corrected chi connectivity index (χ4v) is 5.78. The molecule has 37 heavy (non-hydrogen) atoms. The molecule has 0 radical (unpaired) electrons. The summed E-state index contributed by atoms with van der Waals surface area (Å²) < 4.78 is 97.3. The number of carbonyl (C=O) groups excluding carboxylic acids is 1. The van der Waals surface area contributed by atoms with Crippen molar-refractivity contribution in [1.82, 2.24) is 0 Å². The van der Waals surface area contributed by atoms with Crippen LogP contribution in [0.1, 0.15) is 37.8 Å². The zero-order valence-corrected chi connectivity index (χ0v) is 27.0. The molecule has 0 atom stereocenters. The van der Waals surface area contributed by atoms with Crippen LogP contribution in [0.2, 0.25) is 0 Å². The fourth-order valence-electron chi connectivity index (χ4n) is 3.01. The molecule has 0 saturated heterocycles. The number of rotatable bonds is 9. The largest absolute Gasteiger partial charge is 1.00 e. The Morgan fingerprint density at radius 1 is 0.838 bits per heavy atom. The Bertz CT molecular complexity index is 1520. The Kier molecular flexibility index (Phi) is 12.1. The van der Waals surface area contributed by atoms with Gasteiger partial charge in [-0.1, -0.05) is 38.1 Å². The molecule has 0 bridgehead atoms. The summed E-state index contributed by atoms with van der Waals surface area (Å²) in [6, 6.07) is 6.87. The zero-order valence-electron chi connectivity index (χ0n) is 20.6. The summed E-state index contributed by atoms with van der Waals surface area (Å²) in [5.74, 6) is -0.795. The Labute approximate surface area is 260 Å². The molecule has 0 unspecified atom stereocenters. The molecule has 0 spiro atoms. The Hall–Kier alpha value is -0.780. The topological polar surface area (TPSA) is 190 Å². The van der Waals surface area contributed by atoms with E-state index in [0.29, 0.717) is 12.8 Å². The summed E-state index contributed by atoms with van der Waals surface area (Å²) in [6.45, 7) is 3.25. The van der Waals surface area contributed by atoms with Crippen molar-refractivity contribution in [2.24, 2.45) is 5.92 Å². The summed E-state index contributed by atoms with van der Waals surface area (Å²) in [6.07, 6.45) is 3.19. The number of hydrogen-bond donors (Lipinski definition) is 2. The molecular formula is C21H22N2Na2O9S3. The quantitative estimate of drug-likeness (QED) is 0.168. The first-order valence-corrected chi connectivity index (χ1v) is 14.6. The second-order valence-corrected chi connectivity index (χ2v) is 12.9. The van der Waals surface area contributed by atoms with Crippen LogP contribution in [-0.4, -0.2) is 45.5 Å². The average molecular weight is 589 g/mol. The number of benzene rings is 2. The Morgan fingerprint density at radius 3 is 1.68 bits per heavy atom. The van der Waals surface area contributed by atoms with Gasteiger partial charge in [0, 0.05) is 17.3 Å². The second kappa shape index (κ2) is 13.0. The first-order chi connectivity index (χ1) is 16.1. The van der Waals surface area contributed by atoms with Gasteiger partial charge in [-0.2, -0.15) is 0 Å². The van der Waals surface area contributed by atoms with Crippen LogP contribution in [0.3, 0.4) is 0 Å². The van der Waals surface area contributed by atoms with Crippen molar-refractivity contribution in [2.45, 2.75) is 41.7 Å². The third-order valence-electron chi connectivity index (χ3n) is 5.02. The first kappa shape index (κ1) is 34.2. The molecule has 0 aliphatic heterocycles. The predicted octanol–water partition coefficient (Wildman–Crippen LogP) is -3.83. The normalized spacial score (nSPS) is 14.1. The molecule has 0 aromatic heterocycles. The van der Waals surface area contributed by atoms with Crippen LogP contribution < -0.4 is 69.2 Å². The van der Waals surface area contributed by atoms with Crippen LogP contribution >= 0.6 is 0 Å². The number of amides is 1. The third kappa shape index (κ3) is 9.42. The minimum absolute atomic E-state index is 0. The molecule has 0 heterocycles. The van der Waals surface area contributed by atoms with Gasteiger partial charge < -0.3 is 14.4 Å². The van der Waals surface area contributed by atoms with Crippen molar-refractivity contribution in [3.63, 3.8) is 0 Å². The van der Waals surface area contributed by atoms with Crippen LogP contribution in [0.15, 0.2) is 46.2 Å². The molecule has 16 heteroatoms. The molecule has 1 amide bonds. The van der Waals surface area contributed by atoms with Crippen LogP contribution in [0.25, 0.3) is 12.2 Å². The van der Waals surface area contributed by atoms with E-state index < -0.39 is 57.1 Å². The monoisotopic (exact) mass is 588 g/mol. The van der Waals surface area contributed by atoms with Gasteiger partial charge in [0.15, 0.2) is 0 Å². The van der Waals surface area contributed by atoms with E-state index in [1.165, 1.54) is 24.3 Å². The van der Waals surface area contributed by atoms with Gasteiger partial charge >= 0.3 is 59.1 Å². The number of carbonyl (C=O) groups is 1. The molecule has 2 aromatic carbocycles. The summed E-state index contributed by atoms with van der Waals surface area (Å²) in [4.78, 5) is 10.5. The van der Waals surface area contributed by atoms with Gasteiger partial charge in [0.1, 0.15) is 20.2 Å². The Balaban J connectivity index is 0.00000342. The maximum atomic E-state index is 12.1. The third-order valence-corrected chi connectivity index (χ3v) is 8.68. The van der Waals surface area contributed by atoms with Crippen LogP contribution in [-0.2, 0) is 35.1 Å². The minimum Gasteiger partial charge on any atom is -0.744 e. The van der Waals surface area contributed by atoms with Gasteiger partial charge in [-0.15, -0.1) is 0 Å². The van der Waals surface area contributed by atoms with E-state index in [-0.39, 0.29) is 81.6 Å². The molecule has 190 valence electrons. The Morgan fingerprint density at radius 2 is 1.27 bits per heavy atom. The van der Waals surface area contributed by atoms with Gasteiger partial charge in [-0.25, -0.2) is 25.3 Å². The van der Waals surface area contributed by atoms with Crippen molar-refractivity contribution < 1.29 is 98.3 Å². The smallest absolute Gasteiger partial charge is 0.744 e. The van der Waals surface area contributed by atoms with Gasteiger partial charge in [-0.05, 0) is 48.2 Å². The van der Waals surface area contributed by atoms with Crippen molar-refractivity contribution >= 4 is 59.7 Å². The number of nitrogens with one attached hydrogen (secondary N) is 2. The summed E-state index contributed by atoms with van der Waals surface area (Å²) in [5.41, 5.74) is -0.307. The van der Waals surface area contributed by atoms with Crippen LogP contribution in [0.4, 0.5) is 11.4 Å². The van der Waals surface area contributed by atoms with E-state index >= 15 is 0 Å². The maximum absolute atomic E-state index is 12.1. The van der Waals surface area contributed by atoms with E-state index in [4.69, 9.17) is 0 Å². The summed E-state index contributed by atoms with van der Waals surface area (Å²) in [7, 11) is -13.8. The summed E-state index contributed by atoms with van der Waals surface area (Å²) >= 11 is 0. The van der Waals surface area contributed by atoms with Crippen molar-refractivity contribution in [3.05, 3.63) is 47.5 Å². The summed E-state index contributed by atoms with van der Waals surface area (Å²) in [5, 5.41) is 1.90. The molecule has 1 saturated carbocycles. The van der Waals surface area contributed by atoms with Gasteiger partial charge in [0.25, 0.3) is 0 Å². The molecule has 1 fully saturated rings. The number of sulfonamides is 1. The standard InChI is InChI=1S/C21H24N2O9S3.2Na/c1-13(2)21(24)22-16-7-5-14(19(11-16)34(27,28)29)3-4-15-6-8-17(12-20(15)35(30,31)32)23-33(25,26)18-9-10-18;;/h3-8,11-13,18,23H,9-10H2,1-2H3,(H,22,24)(H,27,28,29)(H,30,31,32);;/q;2*+1/p-2. The average Bonchev–Trinajstić information content (AvgIpc) is 3.57. The second-order valence-electron chi connectivity index (χ2n) is 8.24. The molecule has 3 rings (SSSR count). The van der Waals surface area contributed by atoms with Gasteiger partial charge in [0.05, 0.1) is 15.0 Å². The van der Waals surface area contributed by atoms with Crippen molar-refractivity contribution in [3.8, 4) is 0 Å². The molecule has 11 nitrogen and oxygen atoms in total. The number of hydrogen-bond acceptors (Lipinski definition) is 9. The SMILES string of the molecule is CC(C)C(=O)Nc1ccc(C=Cc2ccc(NS(=O)(=O)C3CC3)cc2S(=O)(=O)[O-])c(S(=O)(=O)[O-])c1.[Na+].[Na+]. The van der Waals surface area contributed by atoms with Gasteiger partial charge in [-0.3, -0.25) is 9.52 Å². The van der Waals surface area contributed by atoms with E-state index in [1.807, 2.05) is 0 Å². The molecule has 1 aliphatic carbocycles. The predicted molar refractivity (Wildman–Crippen MR) is 127 cm³/mol. The zero-order chi connectivity index (χ0) is 26.2.